The number of aromatic nitrogens is 1. The minimum Gasteiger partial charge on any atom is -0.288 e. The molecule has 3 nitrogen and oxygen atoms in total. The molecule has 1 aromatic heterocycles. The number of nitrogens with zero attached hydrogens (tertiary/aromatic N) is 3. The highest BCUT2D eigenvalue weighted by Gasteiger charge is 2.08. The number of pyridine rings is 1. The van der Waals surface area contributed by atoms with Gasteiger partial charge in [-0.15, -0.1) is 0 Å². The van der Waals surface area contributed by atoms with E-state index in [-0.39, 0.29) is 0 Å². The van der Waals surface area contributed by atoms with E-state index in [0.29, 0.717) is 5.15 Å². The van der Waals surface area contributed by atoms with E-state index >= 15 is 0 Å². The molecule has 0 saturated carbocycles. The number of rotatable bonds is 5. The number of aryl methyl sites for hydroxylation is 1. The van der Waals surface area contributed by atoms with Gasteiger partial charge < -0.3 is 0 Å². The Morgan fingerprint density at radius 2 is 2.05 bits per heavy atom. The van der Waals surface area contributed by atoms with Gasteiger partial charge in [0.25, 0.3) is 0 Å². The van der Waals surface area contributed by atoms with Gasteiger partial charge in [0.05, 0.1) is 5.71 Å². The Balaban J connectivity index is 3.01. The largest absolute Gasteiger partial charge is 0.288 e. The van der Waals surface area contributed by atoms with Crippen molar-refractivity contribution in [1.82, 2.24) is 4.98 Å². The van der Waals surface area contributed by atoms with Crippen LogP contribution in [0.1, 0.15) is 25.1 Å². The summed E-state index contributed by atoms with van der Waals surface area (Å²) in [6, 6.07) is 3.66. The molecule has 0 fully saturated rings. The van der Waals surface area contributed by atoms with Crippen molar-refractivity contribution in [3.05, 3.63) is 59.6 Å². The maximum atomic E-state index is 5.88. The van der Waals surface area contributed by atoms with Gasteiger partial charge >= 0.3 is 0 Å². The second-order valence-electron chi connectivity index (χ2n) is 4.44. The highest BCUT2D eigenvalue weighted by Crippen LogP contribution is 2.20. The molecule has 0 aromatic carbocycles. The van der Waals surface area contributed by atoms with E-state index in [0.717, 1.165) is 28.3 Å². The van der Waals surface area contributed by atoms with Crippen LogP contribution in [-0.4, -0.2) is 23.5 Å². The Hall–Kier alpha value is -2.00. The van der Waals surface area contributed by atoms with Crippen molar-refractivity contribution in [3.63, 3.8) is 0 Å². The molecule has 0 aliphatic heterocycles. The third-order valence-electron chi connectivity index (χ3n) is 2.84. The monoisotopic (exact) mass is 301 g/mol. The minimum atomic E-state index is 0.476. The lowest BCUT2D eigenvalue weighted by atomic mass is 10.0. The SMILES string of the molecule is C=C(C(\C=C/C(C)=N\C=C/C)=NC)c1ccc(Cl)nc1C. The summed E-state index contributed by atoms with van der Waals surface area (Å²) in [6.45, 7) is 9.87. The van der Waals surface area contributed by atoms with Crippen LogP contribution in [0.4, 0.5) is 0 Å². The van der Waals surface area contributed by atoms with Crippen LogP contribution in [0.15, 0.2) is 53.1 Å². The predicted octanol–water partition coefficient (Wildman–Crippen LogP) is 4.68. The fourth-order valence-corrected chi connectivity index (χ4v) is 1.92. The second-order valence-corrected chi connectivity index (χ2v) is 4.83. The molecule has 1 aromatic rings. The molecule has 4 heteroatoms. The van der Waals surface area contributed by atoms with Gasteiger partial charge in [0, 0.05) is 35.8 Å². The molecule has 0 radical (unpaired) electrons. The van der Waals surface area contributed by atoms with Crippen LogP contribution in [0.5, 0.6) is 0 Å². The number of hydrogen-bond donors (Lipinski definition) is 0. The first-order valence-corrected chi connectivity index (χ1v) is 7.00. The lowest BCUT2D eigenvalue weighted by molar-refractivity contribution is 1.19. The molecule has 0 N–H and O–H groups in total. The first-order valence-electron chi connectivity index (χ1n) is 6.62. The highest BCUT2D eigenvalue weighted by atomic mass is 35.5. The van der Waals surface area contributed by atoms with E-state index in [1.807, 2.05) is 45.1 Å². The van der Waals surface area contributed by atoms with E-state index in [1.54, 1.807) is 19.3 Å². The van der Waals surface area contributed by atoms with Crippen LogP contribution in [0.25, 0.3) is 5.57 Å². The van der Waals surface area contributed by atoms with Crippen molar-refractivity contribution in [2.75, 3.05) is 7.05 Å². The van der Waals surface area contributed by atoms with Crippen molar-refractivity contribution in [3.8, 4) is 0 Å². The van der Waals surface area contributed by atoms with E-state index in [9.17, 15) is 0 Å². The molecular formula is C17H20ClN3. The van der Waals surface area contributed by atoms with Gasteiger partial charge in [0.15, 0.2) is 0 Å². The van der Waals surface area contributed by atoms with Gasteiger partial charge in [-0.2, -0.15) is 0 Å². The second kappa shape index (κ2) is 8.32. The zero-order chi connectivity index (χ0) is 15.8. The van der Waals surface area contributed by atoms with Crippen molar-refractivity contribution < 1.29 is 0 Å². The zero-order valence-electron chi connectivity index (χ0n) is 12.9. The molecule has 0 atom stereocenters. The number of halogens is 1. The number of aliphatic imine (C=N–C) groups is 2. The van der Waals surface area contributed by atoms with E-state index in [2.05, 4.69) is 21.5 Å². The highest BCUT2D eigenvalue weighted by molar-refractivity contribution is 6.31. The van der Waals surface area contributed by atoms with Crippen molar-refractivity contribution in [2.45, 2.75) is 20.8 Å². The maximum absolute atomic E-state index is 5.88. The lowest BCUT2D eigenvalue weighted by Crippen LogP contribution is -2.01. The topological polar surface area (TPSA) is 37.6 Å². The summed E-state index contributed by atoms with van der Waals surface area (Å²) in [6.07, 6.45) is 7.45. The minimum absolute atomic E-state index is 0.476. The molecule has 110 valence electrons. The van der Waals surface area contributed by atoms with Gasteiger partial charge in [0.2, 0.25) is 0 Å². The van der Waals surface area contributed by atoms with Crippen LogP contribution >= 0.6 is 11.6 Å². The molecule has 21 heavy (non-hydrogen) atoms. The fourth-order valence-electron chi connectivity index (χ4n) is 1.73. The first-order chi connectivity index (χ1) is 9.99. The molecule has 0 bridgehead atoms. The van der Waals surface area contributed by atoms with Gasteiger partial charge in [-0.3, -0.25) is 9.98 Å². The first kappa shape index (κ1) is 17.1. The molecule has 0 aliphatic rings. The molecule has 0 amide bonds. The Morgan fingerprint density at radius 3 is 2.62 bits per heavy atom. The summed E-state index contributed by atoms with van der Waals surface area (Å²) in [5, 5.41) is 0.476. The average Bonchev–Trinajstić information content (AvgIpc) is 2.45. The van der Waals surface area contributed by atoms with Gasteiger partial charge in [-0.25, -0.2) is 4.98 Å². The third kappa shape index (κ3) is 5.12. The summed E-state index contributed by atoms with van der Waals surface area (Å²) in [7, 11) is 1.74. The molecule has 1 heterocycles. The Kier molecular flexibility index (Phi) is 6.76. The quantitative estimate of drug-likeness (QED) is 0.575. The number of hydrogen-bond acceptors (Lipinski definition) is 3. The molecule has 0 unspecified atom stereocenters. The summed E-state index contributed by atoms with van der Waals surface area (Å²) in [5.41, 5.74) is 4.27. The predicted molar refractivity (Wildman–Crippen MR) is 93.4 cm³/mol. The molecular weight excluding hydrogens is 282 g/mol. The summed E-state index contributed by atoms with van der Waals surface area (Å²) in [4.78, 5) is 12.8. The summed E-state index contributed by atoms with van der Waals surface area (Å²) in [5.74, 6) is 0. The lowest BCUT2D eigenvalue weighted by Gasteiger charge is -2.09. The Labute approximate surface area is 131 Å². The Bertz CT molecular complexity index is 637. The van der Waals surface area contributed by atoms with Gasteiger partial charge in [-0.1, -0.05) is 24.3 Å². The molecule has 1 rings (SSSR count). The molecule has 0 aliphatic carbocycles. The van der Waals surface area contributed by atoms with Crippen molar-refractivity contribution in [2.24, 2.45) is 9.98 Å². The van der Waals surface area contributed by atoms with Crippen molar-refractivity contribution in [1.29, 1.82) is 0 Å². The van der Waals surface area contributed by atoms with Crippen LogP contribution in [0.2, 0.25) is 5.15 Å². The van der Waals surface area contributed by atoms with Crippen LogP contribution in [-0.2, 0) is 0 Å². The average molecular weight is 302 g/mol. The van der Waals surface area contributed by atoms with Crippen molar-refractivity contribution >= 4 is 28.6 Å². The molecule has 0 saturated heterocycles. The fraction of sp³-hybridized carbons (Fsp3) is 0.235. The normalized spacial score (nSPS) is 13.4. The van der Waals surface area contributed by atoms with Gasteiger partial charge in [-0.05, 0) is 45.1 Å². The third-order valence-corrected chi connectivity index (χ3v) is 3.05. The smallest absolute Gasteiger partial charge is 0.129 e. The Morgan fingerprint density at radius 1 is 1.33 bits per heavy atom. The standard InChI is InChI=1S/C17H20ClN3/c1-6-11-20-12(2)7-9-16(19-5)13(3)15-8-10-17(18)21-14(15)4/h6-11H,3H2,1-2,4-5H3/b9-7-,11-6-,19-16?,20-12-. The summed E-state index contributed by atoms with van der Waals surface area (Å²) < 4.78 is 0. The summed E-state index contributed by atoms with van der Waals surface area (Å²) >= 11 is 5.88. The van der Waals surface area contributed by atoms with Crippen LogP contribution in [0, 0.1) is 6.92 Å². The van der Waals surface area contributed by atoms with Gasteiger partial charge in [0.1, 0.15) is 5.15 Å². The van der Waals surface area contributed by atoms with Crippen LogP contribution < -0.4 is 0 Å². The molecule has 0 spiro atoms. The zero-order valence-corrected chi connectivity index (χ0v) is 13.6. The maximum Gasteiger partial charge on any atom is 0.129 e. The number of allylic oxidation sites excluding steroid dienone is 4. The van der Waals surface area contributed by atoms with E-state index in [4.69, 9.17) is 11.6 Å². The van der Waals surface area contributed by atoms with Crippen LogP contribution in [0.3, 0.4) is 0 Å². The van der Waals surface area contributed by atoms with E-state index in [1.165, 1.54) is 0 Å². The van der Waals surface area contributed by atoms with E-state index < -0.39 is 0 Å².